The van der Waals surface area contributed by atoms with Crippen LogP contribution >= 0.6 is 11.6 Å². The van der Waals surface area contributed by atoms with E-state index in [1.807, 2.05) is 24.3 Å². The molecule has 168 valence electrons. The van der Waals surface area contributed by atoms with Crippen molar-refractivity contribution in [3.63, 3.8) is 0 Å². The molecule has 3 aromatic rings. The van der Waals surface area contributed by atoms with Gasteiger partial charge in [-0.25, -0.2) is 0 Å². The summed E-state index contributed by atoms with van der Waals surface area (Å²) in [6, 6.07) is 19.3. The highest BCUT2D eigenvalue weighted by Crippen LogP contribution is 2.39. The van der Waals surface area contributed by atoms with Crippen molar-refractivity contribution in [2.24, 2.45) is 0 Å². The predicted molar refractivity (Wildman–Crippen MR) is 136 cm³/mol. The van der Waals surface area contributed by atoms with Crippen molar-refractivity contribution < 1.29 is 14.0 Å². The minimum Gasteiger partial charge on any atom is -0.543 e. The van der Waals surface area contributed by atoms with Crippen molar-refractivity contribution in [2.45, 2.75) is 52.4 Å². The molecule has 0 aliphatic rings. The second kappa shape index (κ2) is 9.51. The largest absolute Gasteiger partial charge is 0.543 e. The summed E-state index contributed by atoms with van der Waals surface area (Å²) in [6.07, 6.45) is 0.815. The number of hydrogen-bond donors (Lipinski definition) is 0. The third kappa shape index (κ3) is 5.43. The normalized spacial score (nSPS) is 11.8. The van der Waals surface area contributed by atoms with Crippen LogP contribution < -0.4 is 9.16 Å². The van der Waals surface area contributed by atoms with Crippen molar-refractivity contribution in [2.75, 3.05) is 0 Å². The summed E-state index contributed by atoms with van der Waals surface area (Å²) < 4.78 is 12.3. The van der Waals surface area contributed by atoms with E-state index in [0.717, 1.165) is 34.3 Å². The van der Waals surface area contributed by atoms with E-state index in [-0.39, 0.29) is 5.04 Å². The summed E-state index contributed by atoms with van der Waals surface area (Å²) in [6.45, 7) is 13.7. The standard InChI is InChI=1S/C27H31ClO3Si/c1-19-16-23(31-32(5,6)27(2,3)4)14-15-24(19)25-9-7-8-21(26(25)28)18-30-22-12-10-20(17-29)11-13-22/h7-17H,18H2,1-6H3. The molecule has 0 aliphatic carbocycles. The van der Waals surface area contributed by atoms with Crippen molar-refractivity contribution >= 4 is 26.2 Å². The monoisotopic (exact) mass is 466 g/mol. The van der Waals surface area contributed by atoms with E-state index in [4.69, 9.17) is 20.8 Å². The van der Waals surface area contributed by atoms with Gasteiger partial charge < -0.3 is 9.16 Å². The summed E-state index contributed by atoms with van der Waals surface area (Å²) in [5, 5.41) is 0.822. The van der Waals surface area contributed by atoms with Gasteiger partial charge in [-0.2, -0.15) is 0 Å². The Hall–Kier alpha value is -2.56. The molecule has 0 atom stereocenters. The van der Waals surface area contributed by atoms with Gasteiger partial charge in [0.25, 0.3) is 0 Å². The molecule has 0 fully saturated rings. The summed E-state index contributed by atoms with van der Waals surface area (Å²) >= 11 is 6.78. The van der Waals surface area contributed by atoms with Crippen LogP contribution in [0.2, 0.25) is 23.2 Å². The van der Waals surface area contributed by atoms with E-state index < -0.39 is 8.32 Å². The molecule has 5 heteroatoms. The molecule has 0 aliphatic heterocycles. The zero-order valence-corrected chi connectivity index (χ0v) is 21.4. The number of carbonyl (C=O) groups is 1. The predicted octanol–water partition coefficient (Wildman–Crippen LogP) is 8.09. The van der Waals surface area contributed by atoms with E-state index in [1.165, 1.54) is 0 Å². The van der Waals surface area contributed by atoms with Crippen LogP contribution in [0.25, 0.3) is 11.1 Å². The average molecular weight is 467 g/mol. The summed E-state index contributed by atoms with van der Waals surface area (Å²) in [5.41, 5.74) is 4.69. The van der Waals surface area contributed by atoms with Gasteiger partial charge in [-0.15, -0.1) is 0 Å². The third-order valence-electron chi connectivity index (χ3n) is 6.16. The summed E-state index contributed by atoms with van der Waals surface area (Å²) in [5.74, 6) is 1.60. The molecular weight excluding hydrogens is 436 g/mol. The molecule has 0 spiro atoms. The van der Waals surface area contributed by atoms with E-state index >= 15 is 0 Å². The van der Waals surface area contributed by atoms with Gasteiger partial charge in [-0.1, -0.05) is 56.6 Å². The fourth-order valence-electron chi connectivity index (χ4n) is 3.15. The third-order valence-corrected chi connectivity index (χ3v) is 11.0. The Morgan fingerprint density at radius 3 is 2.19 bits per heavy atom. The van der Waals surface area contributed by atoms with Crippen molar-refractivity contribution in [3.05, 3.63) is 82.4 Å². The van der Waals surface area contributed by atoms with Gasteiger partial charge >= 0.3 is 0 Å². The molecule has 3 rings (SSSR count). The van der Waals surface area contributed by atoms with Crippen LogP contribution in [-0.2, 0) is 6.61 Å². The lowest BCUT2D eigenvalue weighted by Crippen LogP contribution is -2.43. The number of carbonyl (C=O) groups excluding carboxylic acids is 1. The lowest BCUT2D eigenvalue weighted by molar-refractivity contribution is 0.112. The first-order valence-electron chi connectivity index (χ1n) is 10.8. The second-order valence-electron chi connectivity index (χ2n) is 9.59. The number of aldehydes is 1. The molecule has 0 amide bonds. The van der Waals surface area contributed by atoms with Gasteiger partial charge in [0.1, 0.15) is 24.4 Å². The molecule has 3 nitrogen and oxygen atoms in total. The Labute approximate surface area is 197 Å². The molecule has 0 saturated heterocycles. The van der Waals surface area contributed by atoms with Crippen LogP contribution in [0.5, 0.6) is 11.5 Å². The number of benzene rings is 3. The van der Waals surface area contributed by atoms with Gasteiger partial charge in [-0.05, 0) is 72.6 Å². The van der Waals surface area contributed by atoms with Crippen molar-refractivity contribution in [1.29, 1.82) is 0 Å². The van der Waals surface area contributed by atoms with Gasteiger partial charge in [0.05, 0.1) is 5.02 Å². The Kier molecular flexibility index (Phi) is 7.16. The van der Waals surface area contributed by atoms with Crippen molar-refractivity contribution in [3.8, 4) is 22.6 Å². The Bertz CT molecular complexity index is 1100. The minimum absolute atomic E-state index is 0.144. The van der Waals surface area contributed by atoms with Crippen LogP contribution in [0.15, 0.2) is 60.7 Å². The first-order chi connectivity index (χ1) is 15.0. The minimum atomic E-state index is -1.90. The molecule has 0 bridgehead atoms. The highest BCUT2D eigenvalue weighted by Gasteiger charge is 2.39. The molecule has 32 heavy (non-hydrogen) atoms. The highest BCUT2D eigenvalue weighted by molar-refractivity contribution is 6.74. The number of ether oxygens (including phenoxy) is 1. The molecule has 0 aromatic heterocycles. The number of hydrogen-bond acceptors (Lipinski definition) is 3. The van der Waals surface area contributed by atoms with E-state index in [0.29, 0.717) is 22.9 Å². The van der Waals surface area contributed by atoms with Crippen LogP contribution in [-0.4, -0.2) is 14.6 Å². The maximum absolute atomic E-state index is 10.8. The maximum atomic E-state index is 10.8. The summed E-state index contributed by atoms with van der Waals surface area (Å²) in [7, 11) is -1.90. The maximum Gasteiger partial charge on any atom is 0.250 e. The highest BCUT2D eigenvalue weighted by atomic mass is 35.5. The van der Waals surface area contributed by atoms with Gasteiger partial charge in [0.2, 0.25) is 8.32 Å². The van der Waals surface area contributed by atoms with E-state index in [2.05, 4.69) is 52.9 Å². The number of rotatable bonds is 7. The molecule has 0 N–H and O–H groups in total. The van der Waals surface area contributed by atoms with Crippen molar-refractivity contribution in [1.82, 2.24) is 0 Å². The molecular formula is C27H31ClO3Si. The van der Waals surface area contributed by atoms with Crippen LogP contribution in [0, 0.1) is 6.92 Å². The quantitative estimate of drug-likeness (QED) is 0.260. The van der Waals surface area contributed by atoms with Crippen LogP contribution in [0.1, 0.15) is 42.3 Å². The first kappa shape index (κ1) is 24.1. The zero-order valence-electron chi connectivity index (χ0n) is 19.7. The van der Waals surface area contributed by atoms with Crippen LogP contribution in [0.3, 0.4) is 0 Å². The van der Waals surface area contributed by atoms with E-state index in [1.54, 1.807) is 24.3 Å². The van der Waals surface area contributed by atoms with Gasteiger partial charge in [0, 0.05) is 16.7 Å². The number of halogens is 1. The fourth-order valence-corrected chi connectivity index (χ4v) is 4.46. The number of aryl methyl sites for hydroxylation is 1. The Balaban J connectivity index is 1.81. The lowest BCUT2D eigenvalue weighted by atomic mass is 9.98. The molecule has 0 saturated carbocycles. The Morgan fingerprint density at radius 1 is 0.938 bits per heavy atom. The fraction of sp³-hybridized carbons (Fsp3) is 0.296. The second-order valence-corrected chi connectivity index (χ2v) is 14.7. The van der Waals surface area contributed by atoms with Gasteiger partial charge in [0.15, 0.2) is 0 Å². The smallest absolute Gasteiger partial charge is 0.250 e. The Morgan fingerprint density at radius 2 is 1.59 bits per heavy atom. The van der Waals surface area contributed by atoms with Crippen LogP contribution in [0.4, 0.5) is 0 Å². The van der Waals surface area contributed by atoms with E-state index in [9.17, 15) is 4.79 Å². The molecule has 0 radical (unpaired) electrons. The molecule has 0 unspecified atom stereocenters. The SMILES string of the molecule is Cc1cc(O[Si](C)(C)C(C)(C)C)ccc1-c1cccc(COc2ccc(C=O)cc2)c1Cl. The average Bonchev–Trinajstić information content (AvgIpc) is 2.73. The molecule has 3 aromatic carbocycles. The first-order valence-corrected chi connectivity index (χ1v) is 14.1. The summed E-state index contributed by atoms with van der Waals surface area (Å²) in [4.78, 5) is 10.8. The lowest BCUT2D eigenvalue weighted by Gasteiger charge is -2.36. The van der Waals surface area contributed by atoms with Gasteiger partial charge in [-0.3, -0.25) is 4.79 Å². The zero-order chi connectivity index (χ0) is 23.5. The molecule has 0 heterocycles. The topological polar surface area (TPSA) is 35.5 Å².